The predicted octanol–water partition coefficient (Wildman–Crippen LogP) is -0.238. The molecule has 2 N–H and O–H groups in total. The fourth-order valence-electron chi connectivity index (χ4n) is 3.06. The van der Waals surface area contributed by atoms with E-state index in [0.29, 0.717) is 0 Å². The maximum Gasteiger partial charge on any atom is 0.164 e. The van der Waals surface area contributed by atoms with E-state index in [4.69, 9.17) is 18.9 Å². The summed E-state index contributed by atoms with van der Waals surface area (Å²) in [5.41, 5.74) is 0. The Hall–Kier alpha value is -0.240. The minimum absolute atomic E-state index is 0.589. The number of hydrogen-bond donors (Lipinski definition) is 2. The summed E-state index contributed by atoms with van der Waals surface area (Å²) < 4.78 is 22.6. The third-order valence-corrected chi connectivity index (χ3v) is 3.67. The van der Waals surface area contributed by atoms with Crippen molar-refractivity contribution in [3.63, 3.8) is 0 Å². The van der Waals surface area contributed by atoms with Gasteiger partial charge in [0.25, 0.3) is 0 Å². The van der Waals surface area contributed by atoms with Crippen LogP contribution in [0, 0.1) is 0 Å². The minimum atomic E-state index is -0.869. The van der Waals surface area contributed by atoms with Crippen LogP contribution < -0.4 is 0 Å². The molecule has 6 atom stereocenters. The molecule has 1 aliphatic carbocycles. The Bertz CT molecular complexity index is 292. The number of aliphatic hydroxyl groups is 2. The summed E-state index contributed by atoms with van der Waals surface area (Å²) in [6, 6.07) is 0. The predicted molar refractivity (Wildman–Crippen MR) is 59.7 cm³/mol. The zero-order valence-corrected chi connectivity index (χ0v) is 11.0. The molecule has 2 heterocycles. The lowest BCUT2D eigenvalue weighted by atomic mass is 9.85. The third-order valence-electron chi connectivity index (χ3n) is 3.67. The average Bonchev–Trinajstić information content (AvgIpc) is 2.72. The highest BCUT2D eigenvalue weighted by atomic mass is 16.8. The van der Waals surface area contributed by atoms with Crippen molar-refractivity contribution >= 4 is 0 Å². The van der Waals surface area contributed by atoms with Crippen molar-refractivity contribution in [1.29, 1.82) is 0 Å². The Balaban J connectivity index is 1.88. The summed E-state index contributed by atoms with van der Waals surface area (Å²) in [6.45, 7) is 7.02. The Morgan fingerprint density at radius 2 is 0.833 bits per heavy atom. The van der Waals surface area contributed by atoms with Gasteiger partial charge in [0.1, 0.15) is 36.6 Å². The van der Waals surface area contributed by atoms with Crippen molar-refractivity contribution in [1.82, 2.24) is 0 Å². The molecule has 2 aliphatic heterocycles. The van der Waals surface area contributed by atoms with Gasteiger partial charge in [-0.05, 0) is 27.7 Å². The van der Waals surface area contributed by atoms with Crippen molar-refractivity contribution in [2.75, 3.05) is 0 Å². The number of ether oxygens (including phenoxy) is 4. The maximum atomic E-state index is 10.3. The third kappa shape index (κ3) is 1.79. The molecule has 0 aromatic rings. The van der Waals surface area contributed by atoms with Gasteiger partial charge in [-0.15, -0.1) is 0 Å². The van der Waals surface area contributed by atoms with Gasteiger partial charge >= 0.3 is 0 Å². The van der Waals surface area contributed by atoms with Crippen LogP contribution in [-0.2, 0) is 18.9 Å². The number of fused-ring (bicyclic) bond motifs is 2. The minimum Gasteiger partial charge on any atom is -0.387 e. The van der Waals surface area contributed by atoms with Gasteiger partial charge in [0.15, 0.2) is 11.6 Å². The van der Waals surface area contributed by atoms with E-state index in [0.717, 1.165) is 0 Å². The first-order valence-corrected chi connectivity index (χ1v) is 6.28. The SMILES string of the molecule is CC1(C)O[C@@H]2[C@@H](O)[C@@H]3OC(C)(C)O[C@@H]3[C@@H](O)[C@@H]2O1. The second kappa shape index (κ2) is 3.65. The molecule has 2 saturated heterocycles. The molecule has 104 valence electrons. The molecule has 3 fully saturated rings. The van der Waals surface area contributed by atoms with E-state index >= 15 is 0 Å². The van der Waals surface area contributed by atoms with Gasteiger partial charge in [0, 0.05) is 0 Å². The fourth-order valence-corrected chi connectivity index (χ4v) is 3.06. The summed E-state index contributed by atoms with van der Waals surface area (Å²) in [5, 5.41) is 20.6. The molecular formula is C12H20O6. The summed E-state index contributed by atoms with van der Waals surface area (Å²) >= 11 is 0. The van der Waals surface area contributed by atoms with Gasteiger partial charge in [-0.1, -0.05) is 0 Å². The summed E-state index contributed by atoms with van der Waals surface area (Å²) in [4.78, 5) is 0. The molecule has 3 aliphatic rings. The molecule has 6 nitrogen and oxygen atoms in total. The lowest BCUT2D eigenvalue weighted by Gasteiger charge is -2.38. The summed E-state index contributed by atoms with van der Waals surface area (Å²) in [5.74, 6) is -1.63. The largest absolute Gasteiger partial charge is 0.387 e. The molecule has 0 bridgehead atoms. The lowest BCUT2D eigenvalue weighted by Crippen LogP contribution is -2.61. The molecule has 0 unspecified atom stereocenters. The Labute approximate surface area is 106 Å². The number of hydrogen-bond acceptors (Lipinski definition) is 6. The molecule has 0 aromatic carbocycles. The van der Waals surface area contributed by atoms with Crippen molar-refractivity contribution < 1.29 is 29.2 Å². The number of aliphatic hydroxyl groups excluding tert-OH is 2. The standard InChI is InChI=1S/C12H20O6/c1-11(2)15-7-5(13)9-10(6(14)8(7)16-11)18-12(3,4)17-9/h5-10,13-14H,1-4H3/t5-,6+,7-,8+,9+,10-. The van der Waals surface area contributed by atoms with Crippen molar-refractivity contribution in [2.24, 2.45) is 0 Å². The van der Waals surface area contributed by atoms with Crippen LogP contribution in [0.1, 0.15) is 27.7 Å². The van der Waals surface area contributed by atoms with Crippen LogP contribution in [0.15, 0.2) is 0 Å². The molecule has 0 spiro atoms. The number of rotatable bonds is 0. The van der Waals surface area contributed by atoms with E-state index in [1.165, 1.54) is 0 Å². The van der Waals surface area contributed by atoms with Crippen LogP contribution in [0.3, 0.4) is 0 Å². The topological polar surface area (TPSA) is 77.4 Å². The maximum absolute atomic E-state index is 10.3. The van der Waals surface area contributed by atoms with Crippen molar-refractivity contribution in [3.8, 4) is 0 Å². The van der Waals surface area contributed by atoms with Crippen LogP contribution in [0.2, 0.25) is 0 Å². The van der Waals surface area contributed by atoms with Gasteiger partial charge < -0.3 is 29.2 Å². The van der Waals surface area contributed by atoms with E-state index in [-0.39, 0.29) is 0 Å². The fraction of sp³-hybridized carbons (Fsp3) is 1.00. The first kappa shape index (κ1) is 12.8. The lowest BCUT2D eigenvalue weighted by molar-refractivity contribution is -0.183. The first-order chi connectivity index (χ1) is 8.20. The van der Waals surface area contributed by atoms with Crippen LogP contribution in [0.4, 0.5) is 0 Å². The zero-order chi connectivity index (χ0) is 13.3. The van der Waals surface area contributed by atoms with E-state index in [1.54, 1.807) is 27.7 Å². The molecule has 18 heavy (non-hydrogen) atoms. The highest BCUT2D eigenvalue weighted by Gasteiger charge is 2.62. The van der Waals surface area contributed by atoms with E-state index in [9.17, 15) is 10.2 Å². The zero-order valence-electron chi connectivity index (χ0n) is 11.0. The smallest absolute Gasteiger partial charge is 0.164 e. The molecule has 3 rings (SSSR count). The second-order valence-electron chi connectivity index (χ2n) is 6.11. The molecule has 6 heteroatoms. The van der Waals surface area contributed by atoms with Crippen LogP contribution in [-0.4, -0.2) is 58.4 Å². The highest BCUT2D eigenvalue weighted by molar-refractivity contribution is 5.07. The van der Waals surface area contributed by atoms with Crippen molar-refractivity contribution in [2.45, 2.75) is 75.9 Å². The Morgan fingerprint density at radius 3 is 1.06 bits per heavy atom. The van der Waals surface area contributed by atoms with E-state index in [1.807, 2.05) is 0 Å². The van der Waals surface area contributed by atoms with Gasteiger partial charge in [0.05, 0.1) is 0 Å². The van der Waals surface area contributed by atoms with E-state index < -0.39 is 48.2 Å². The van der Waals surface area contributed by atoms with Gasteiger partial charge in [-0.3, -0.25) is 0 Å². The Morgan fingerprint density at radius 1 is 0.611 bits per heavy atom. The van der Waals surface area contributed by atoms with Crippen molar-refractivity contribution in [3.05, 3.63) is 0 Å². The molecular weight excluding hydrogens is 240 g/mol. The van der Waals surface area contributed by atoms with Gasteiger partial charge in [-0.25, -0.2) is 0 Å². The summed E-state index contributed by atoms with van der Waals surface area (Å²) in [7, 11) is 0. The van der Waals surface area contributed by atoms with Crippen LogP contribution in [0.5, 0.6) is 0 Å². The first-order valence-electron chi connectivity index (χ1n) is 6.28. The monoisotopic (exact) mass is 260 g/mol. The Kier molecular flexibility index (Phi) is 2.59. The van der Waals surface area contributed by atoms with Gasteiger partial charge in [0.2, 0.25) is 0 Å². The molecule has 0 aromatic heterocycles. The quantitative estimate of drug-likeness (QED) is 0.626. The second-order valence-corrected chi connectivity index (χ2v) is 6.11. The highest BCUT2D eigenvalue weighted by Crippen LogP contribution is 2.43. The molecule has 0 amide bonds. The molecule has 1 saturated carbocycles. The van der Waals surface area contributed by atoms with Gasteiger partial charge in [-0.2, -0.15) is 0 Å². The van der Waals surface area contributed by atoms with E-state index in [2.05, 4.69) is 0 Å². The average molecular weight is 260 g/mol. The molecule has 0 radical (unpaired) electrons. The summed E-state index contributed by atoms with van der Waals surface area (Å²) in [6.07, 6.45) is -4.09. The van der Waals surface area contributed by atoms with Crippen LogP contribution in [0.25, 0.3) is 0 Å². The normalized spacial score (nSPS) is 53.0. The van der Waals surface area contributed by atoms with Crippen LogP contribution >= 0.6 is 0 Å².